The van der Waals surface area contributed by atoms with Gasteiger partial charge in [0.1, 0.15) is 28.0 Å². The first-order chi connectivity index (χ1) is 10.2. The van der Waals surface area contributed by atoms with E-state index >= 15 is 0 Å². The summed E-state index contributed by atoms with van der Waals surface area (Å²) in [6.45, 7) is 0. The van der Waals surface area contributed by atoms with Crippen molar-refractivity contribution in [3.05, 3.63) is 47.8 Å². The summed E-state index contributed by atoms with van der Waals surface area (Å²) in [6, 6.07) is 6.45. The number of benzene rings is 2. The Morgan fingerprint density at radius 3 is 2.36 bits per heavy atom. The monoisotopic (exact) mass is 326 g/mol. The van der Waals surface area contributed by atoms with E-state index < -0.39 is 26.5 Å². The average molecular weight is 326 g/mol. The van der Waals surface area contributed by atoms with Crippen LogP contribution in [-0.4, -0.2) is 30.9 Å². The number of carboxylic acid groups (broad SMARTS) is 1. The van der Waals surface area contributed by atoms with Gasteiger partial charge in [0.05, 0.1) is 5.56 Å². The fourth-order valence-corrected chi connectivity index (χ4v) is 2.48. The fraction of sp³-hybridized carbons (Fsp3) is 0.0714. The minimum Gasteiger partial charge on any atom is -0.508 e. The van der Waals surface area contributed by atoms with Gasteiger partial charge in [-0.15, -0.1) is 0 Å². The maximum absolute atomic E-state index is 13.7. The number of aromatic hydroxyl groups is 1. The molecular weight excluding hydrogens is 315 g/mol. The zero-order chi connectivity index (χ0) is 16.5. The molecule has 0 spiro atoms. The smallest absolute Gasteiger partial charge is 0.335 e. The highest BCUT2D eigenvalue weighted by molar-refractivity contribution is 7.90. The molecule has 2 aromatic carbocycles. The largest absolute Gasteiger partial charge is 0.508 e. The number of sulfone groups is 1. The van der Waals surface area contributed by atoms with Crippen LogP contribution < -0.4 is 4.74 Å². The standard InChI is InChI=1S/C14H11FO6S/c1-22(19,20)13-3-2-10(7-12(13)15)21-11-5-8(14(17)18)4-9(16)6-11/h2-7,16H,1H3,(H,17,18). The molecule has 0 aliphatic heterocycles. The lowest BCUT2D eigenvalue weighted by molar-refractivity contribution is 0.0696. The lowest BCUT2D eigenvalue weighted by Crippen LogP contribution is -2.01. The highest BCUT2D eigenvalue weighted by atomic mass is 32.2. The number of phenols is 1. The first-order valence-corrected chi connectivity index (χ1v) is 7.81. The Bertz CT molecular complexity index is 844. The molecule has 0 aliphatic rings. The first kappa shape index (κ1) is 15.8. The van der Waals surface area contributed by atoms with Gasteiger partial charge in [0.15, 0.2) is 9.84 Å². The number of hydrogen-bond donors (Lipinski definition) is 2. The van der Waals surface area contributed by atoms with Crippen LogP contribution >= 0.6 is 0 Å². The molecule has 0 unspecified atom stereocenters. The Labute approximate surface area is 125 Å². The molecule has 22 heavy (non-hydrogen) atoms. The van der Waals surface area contributed by atoms with Crippen molar-refractivity contribution in [2.24, 2.45) is 0 Å². The van der Waals surface area contributed by atoms with Crippen LogP contribution in [0, 0.1) is 5.82 Å². The average Bonchev–Trinajstić information content (AvgIpc) is 2.36. The summed E-state index contributed by atoms with van der Waals surface area (Å²) in [4.78, 5) is 10.4. The van der Waals surface area contributed by atoms with E-state index in [9.17, 15) is 22.7 Å². The number of carbonyl (C=O) groups is 1. The van der Waals surface area contributed by atoms with Crippen molar-refractivity contribution in [2.45, 2.75) is 4.90 Å². The molecule has 0 atom stereocenters. The molecule has 0 saturated heterocycles. The lowest BCUT2D eigenvalue weighted by atomic mass is 10.2. The molecule has 6 nitrogen and oxygen atoms in total. The number of rotatable bonds is 4. The van der Waals surface area contributed by atoms with Crippen LogP contribution in [0.4, 0.5) is 4.39 Å². The van der Waals surface area contributed by atoms with Gasteiger partial charge in [-0.3, -0.25) is 0 Å². The predicted octanol–water partition coefficient (Wildman–Crippen LogP) is 2.43. The molecule has 8 heteroatoms. The Balaban J connectivity index is 2.36. The SMILES string of the molecule is CS(=O)(=O)c1ccc(Oc2cc(O)cc(C(=O)O)c2)cc1F. The minimum absolute atomic E-state index is 0.0242. The van der Waals surface area contributed by atoms with E-state index in [1.165, 1.54) is 6.07 Å². The Kier molecular flexibility index (Phi) is 4.05. The van der Waals surface area contributed by atoms with E-state index in [1.54, 1.807) is 0 Å². The molecule has 0 saturated carbocycles. The van der Waals surface area contributed by atoms with Crippen molar-refractivity contribution >= 4 is 15.8 Å². The third-order valence-electron chi connectivity index (χ3n) is 2.68. The fourth-order valence-electron chi connectivity index (χ4n) is 1.75. The molecule has 0 aliphatic carbocycles. The van der Waals surface area contributed by atoms with Gasteiger partial charge >= 0.3 is 5.97 Å². The number of hydrogen-bond acceptors (Lipinski definition) is 5. The van der Waals surface area contributed by atoms with Crippen LogP contribution in [0.25, 0.3) is 0 Å². The van der Waals surface area contributed by atoms with Gasteiger partial charge < -0.3 is 14.9 Å². The number of ether oxygens (including phenoxy) is 1. The summed E-state index contributed by atoms with van der Waals surface area (Å²) in [5, 5.41) is 18.3. The van der Waals surface area contributed by atoms with E-state index in [-0.39, 0.29) is 22.8 Å². The Hall–Kier alpha value is -2.61. The van der Waals surface area contributed by atoms with Crippen LogP contribution in [0.1, 0.15) is 10.4 Å². The molecule has 0 radical (unpaired) electrons. The molecule has 0 amide bonds. The third kappa shape index (κ3) is 3.53. The maximum atomic E-state index is 13.7. The lowest BCUT2D eigenvalue weighted by Gasteiger charge is -2.08. The third-order valence-corrected chi connectivity index (χ3v) is 3.81. The second-order valence-electron chi connectivity index (χ2n) is 4.49. The van der Waals surface area contributed by atoms with Gasteiger partial charge in [0.2, 0.25) is 0 Å². The number of phenolic OH excluding ortho intramolecular Hbond substituents is 1. The van der Waals surface area contributed by atoms with Crippen LogP contribution in [0.15, 0.2) is 41.3 Å². The highest BCUT2D eigenvalue weighted by Crippen LogP contribution is 2.28. The number of carboxylic acids is 1. The summed E-state index contributed by atoms with van der Waals surface area (Å²) >= 11 is 0. The molecular formula is C14H11FO6S. The number of halogens is 1. The molecule has 0 bridgehead atoms. The predicted molar refractivity (Wildman–Crippen MR) is 74.6 cm³/mol. The topological polar surface area (TPSA) is 101 Å². The molecule has 2 N–H and O–H groups in total. The summed E-state index contributed by atoms with van der Waals surface area (Å²) < 4.78 is 41.6. The van der Waals surface area contributed by atoms with Gasteiger partial charge in [-0.05, 0) is 24.3 Å². The molecule has 116 valence electrons. The quantitative estimate of drug-likeness (QED) is 0.895. The highest BCUT2D eigenvalue weighted by Gasteiger charge is 2.15. The van der Waals surface area contributed by atoms with Gasteiger partial charge in [-0.1, -0.05) is 0 Å². The van der Waals surface area contributed by atoms with Crippen molar-refractivity contribution in [3.8, 4) is 17.2 Å². The van der Waals surface area contributed by atoms with Crippen molar-refractivity contribution in [1.82, 2.24) is 0 Å². The zero-order valence-corrected chi connectivity index (χ0v) is 12.1. The summed E-state index contributed by atoms with van der Waals surface area (Å²) in [5.74, 6) is -2.64. The molecule has 2 rings (SSSR count). The van der Waals surface area contributed by atoms with E-state index in [1.807, 2.05) is 0 Å². The first-order valence-electron chi connectivity index (χ1n) is 5.91. The van der Waals surface area contributed by atoms with Crippen molar-refractivity contribution in [1.29, 1.82) is 0 Å². The second kappa shape index (κ2) is 5.64. The van der Waals surface area contributed by atoms with Crippen molar-refractivity contribution in [2.75, 3.05) is 6.26 Å². The van der Waals surface area contributed by atoms with E-state index in [4.69, 9.17) is 9.84 Å². The summed E-state index contributed by atoms with van der Waals surface area (Å²) in [7, 11) is -3.70. The number of aromatic carboxylic acids is 1. The minimum atomic E-state index is -3.70. The van der Waals surface area contributed by atoms with Gasteiger partial charge in [0.25, 0.3) is 0 Å². The van der Waals surface area contributed by atoms with Crippen LogP contribution in [0.2, 0.25) is 0 Å². The normalized spacial score (nSPS) is 11.2. The maximum Gasteiger partial charge on any atom is 0.335 e. The van der Waals surface area contributed by atoms with Crippen LogP contribution in [-0.2, 0) is 9.84 Å². The Morgan fingerprint density at radius 1 is 1.14 bits per heavy atom. The van der Waals surface area contributed by atoms with E-state index in [2.05, 4.69) is 0 Å². The molecule has 0 aromatic heterocycles. The van der Waals surface area contributed by atoms with Crippen LogP contribution in [0.3, 0.4) is 0 Å². The van der Waals surface area contributed by atoms with E-state index in [0.29, 0.717) is 0 Å². The zero-order valence-electron chi connectivity index (χ0n) is 11.3. The van der Waals surface area contributed by atoms with Crippen molar-refractivity contribution in [3.63, 3.8) is 0 Å². The second-order valence-corrected chi connectivity index (χ2v) is 6.47. The Morgan fingerprint density at radius 2 is 1.82 bits per heavy atom. The molecule has 0 heterocycles. The molecule has 0 fully saturated rings. The summed E-state index contributed by atoms with van der Waals surface area (Å²) in [5.41, 5.74) is -0.205. The van der Waals surface area contributed by atoms with Crippen molar-refractivity contribution < 1.29 is 32.6 Å². The van der Waals surface area contributed by atoms with E-state index in [0.717, 1.165) is 36.6 Å². The van der Waals surface area contributed by atoms with Gasteiger partial charge in [-0.25, -0.2) is 17.6 Å². The van der Waals surface area contributed by atoms with Gasteiger partial charge in [-0.2, -0.15) is 0 Å². The van der Waals surface area contributed by atoms with Crippen LogP contribution in [0.5, 0.6) is 17.2 Å². The molecule has 2 aromatic rings. The summed E-state index contributed by atoms with van der Waals surface area (Å²) in [6.07, 6.45) is 0.875. The van der Waals surface area contributed by atoms with Gasteiger partial charge in [0, 0.05) is 18.4 Å².